The van der Waals surface area contributed by atoms with Gasteiger partial charge in [-0.05, 0) is 12.5 Å². The molecule has 0 radical (unpaired) electrons. The Balaban J connectivity index is 2.93. The number of halogens is 1. The molecular formula is C7H6ClN3. The first kappa shape index (κ1) is 6.61. The first-order chi connectivity index (χ1) is 5.29. The summed E-state index contributed by atoms with van der Waals surface area (Å²) >= 11 is 5.83. The maximum absolute atomic E-state index is 5.83. The van der Waals surface area contributed by atoms with Gasteiger partial charge in [0.2, 0.25) is 0 Å². The quantitative estimate of drug-likeness (QED) is 0.652. The normalized spacial score (nSPS) is 10.7. The standard InChI is InChI=1S/C7H6ClN3/c1-4-5(8)2-9-6-3-10-11-7(4)6/h2-3H,1H3,(H,10,11). The Bertz CT molecular complexity index is 393. The van der Waals surface area contributed by atoms with E-state index in [1.54, 1.807) is 12.4 Å². The van der Waals surface area contributed by atoms with Crippen LogP contribution in [0.25, 0.3) is 11.0 Å². The second-order valence-corrected chi connectivity index (χ2v) is 2.77. The van der Waals surface area contributed by atoms with Crippen molar-refractivity contribution in [1.82, 2.24) is 15.2 Å². The highest BCUT2D eigenvalue weighted by Crippen LogP contribution is 2.20. The molecule has 0 spiro atoms. The highest BCUT2D eigenvalue weighted by atomic mass is 35.5. The van der Waals surface area contributed by atoms with Crippen LogP contribution in [0.3, 0.4) is 0 Å². The van der Waals surface area contributed by atoms with E-state index >= 15 is 0 Å². The van der Waals surface area contributed by atoms with Crippen molar-refractivity contribution in [3.05, 3.63) is 23.0 Å². The van der Waals surface area contributed by atoms with Gasteiger partial charge in [-0.25, -0.2) is 0 Å². The molecule has 0 saturated carbocycles. The molecule has 4 heteroatoms. The van der Waals surface area contributed by atoms with Crippen molar-refractivity contribution in [3.63, 3.8) is 0 Å². The summed E-state index contributed by atoms with van der Waals surface area (Å²) < 4.78 is 0. The van der Waals surface area contributed by atoms with Crippen molar-refractivity contribution in [3.8, 4) is 0 Å². The molecule has 1 N–H and O–H groups in total. The topological polar surface area (TPSA) is 41.6 Å². The van der Waals surface area contributed by atoms with Gasteiger partial charge in [-0.1, -0.05) is 11.6 Å². The van der Waals surface area contributed by atoms with E-state index in [2.05, 4.69) is 15.2 Å². The zero-order valence-electron chi connectivity index (χ0n) is 5.93. The molecule has 2 aromatic heterocycles. The number of hydrogen-bond acceptors (Lipinski definition) is 2. The molecule has 0 amide bonds. The lowest BCUT2D eigenvalue weighted by Gasteiger charge is -1.95. The lowest BCUT2D eigenvalue weighted by atomic mass is 10.2. The van der Waals surface area contributed by atoms with E-state index in [-0.39, 0.29) is 0 Å². The van der Waals surface area contributed by atoms with Crippen LogP contribution in [-0.4, -0.2) is 15.2 Å². The molecule has 2 rings (SSSR count). The molecule has 0 aliphatic carbocycles. The summed E-state index contributed by atoms with van der Waals surface area (Å²) in [6.07, 6.45) is 3.31. The van der Waals surface area contributed by atoms with Gasteiger partial charge in [0.1, 0.15) is 5.52 Å². The van der Waals surface area contributed by atoms with Crippen LogP contribution in [0.2, 0.25) is 5.02 Å². The number of nitrogens with one attached hydrogen (secondary N) is 1. The monoisotopic (exact) mass is 167 g/mol. The predicted molar refractivity (Wildman–Crippen MR) is 43.6 cm³/mol. The summed E-state index contributed by atoms with van der Waals surface area (Å²) in [7, 11) is 0. The van der Waals surface area contributed by atoms with E-state index in [1.165, 1.54) is 0 Å². The van der Waals surface area contributed by atoms with Gasteiger partial charge in [0.05, 0.1) is 16.7 Å². The Kier molecular flexibility index (Phi) is 1.32. The van der Waals surface area contributed by atoms with E-state index in [0.29, 0.717) is 5.02 Å². The van der Waals surface area contributed by atoms with E-state index in [9.17, 15) is 0 Å². The van der Waals surface area contributed by atoms with Crippen molar-refractivity contribution in [2.45, 2.75) is 6.92 Å². The minimum absolute atomic E-state index is 0.668. The van der Waals surface area contributed by atoms with Crippen LogP contribution in [0.15, 0.2) is 12.4 Å². The zero-order chi connectivity index (χ0) is 7.84. The first-order valence-electron chi connectivity index (χ1n) is 3.23. The summed E-state index contributed by atoms with van der Waals surface area (Å²) in [5, 5.41) is 7.36. The third-order valence-electron chi connectivity index (χ3n) is 1.67. The van der Waals surface area contributed by atoms with Crippen molar-refractivity contribution < 1.29 is 0 Å². The van der Waals surface area contributed by atoms with Gasteiger partial charge in [0.15, 0.2) is 0 Å². The number of fused-ring (bicyclic) bond motifs is 1. The van der Waals surface area contributed by atoms with Gasteiger partial charge in [-0.15, -0.1) is 0 Å². The smallest absolute Gasteiger partial charge is 0.108 e. The Hall–Kier alpha value is -1.09. The number of aromatic nitrogens is 3. The molecule has 0 aromatic carbocycles. The number of aryl methyl sites for hydroxylation is 1. The van der Waals surface area contributed by atoms with Crippen LogP contribution < -0.4 is 0 Å². The van der Waals surface area contributed by atoms with Gasteiger partial charge in [-0.2, -0.15) is 5.10 Å². The summed E-state index contributed by atoms with van der Waals surface area (Å²) in [5.74, 6) is 0. The fourth-order valence-corrected chi connectivity index (χ4v) is 1.14. The van der Waals surface area contributed by atoms with Crippen molar-refractivity contribution in [1.29, 1.82) is 0 Å². The lowest BCUT2D eigenvalue weighted by molar-refractivity contribution is 1.11. The van der Waals surface area contributed by atoms with Gasteiger partial charge in [0, 0.05) is 6.20 Å². The molecule has 0 fully saturated rings. The SMILES string of the molecule is Cc1c(Cl)cnc2cn[nH]c12. The van der Waals surface area contributed by atoms with Crippen molar-refractivity contribution in [2.24, 2.45) is 0 Å². The minimum atomic E-state index is 0.668. The zero-order valence-corrected chi connectivity index (χ0v) is 6.68. The molecule has 3 nitrogen and oxygen atoms in total. The molecular weight excluding hydrogens is 162 g/mol. The van der Waals surface area contributed by atoms with Crippen LogP contribution in [0.5, 0.6) is 0 Å². The molecule has 56 valence electrons. The fraction of sp³-hybridized carbons (Fsp3) is 0.143. The average molecular weight is 168 g/mol. The lowest BCUT2D eigenvalue weighted by Crippen LogP contribution is -1.81. The van der Waals surface area contributed by atoms with E-state index in [4.69, 9.17) is 11.6 Å². The maximum Gasteiger partial charge on any atom is 0.108 e. The Labute approximate surface area is 68.4 Å². The third kappa shape index (κ3) is 0.886. The number of pyridine rings is 1. The van der Waals surface area contributed by atoms with Crippen molar-refractivity contribution in [2.75, 3.05) is 0 Å². The van der Waals surface area contributed by atoms with Gasteiger partial charge in [-0.3, -0.25) is 10.1 Å². The fourth-order valence-electron chi connectivity index (χ4n) is 0.996. The highest BCUT2D eigenvalue weighted by molar-refractivity contribution is 6.31. The Morgan fingerprint density at radius 2 is 2.27 bits per heavy atom. The van der Waals surface area contributed by atoms with Crippen LogP contribution in [0.1, 0.15) is 5.56 Å². The maximum atomic E-state index is 5.83. The molecule has 2 aromatic rings. The van der Waals surface area contributed by atoms with Crippen LogP contribution in [-0.2, 0) is 0 Å². The molecule has 2 heterocycles. The largest absolute Gasteiger partial charge is 0.276 e. The number of rotatable bonds is 0. The molecule has 11 heavy (non-hydrogen) atoms. The Morgan fingerprint density at radius 3 is 3.09 bits per heavy atom. The van der Waals surface area contributed by atoms with Crippen LogP contribution in [0.4, 0.5) is 0 Å². The molecule has 0 aliphatic heterocycles. The van der Waals surface area contributed by atoms with Crippen molar-refractivity contribution >= 4 is 22.6 Å². The Morgan fingerprint density at radius 1 is 1.45 bits per heavy atom. The van der Waals surface area contributed by atoms with Gasteiger partial charge >= 0.3 is 0 Å². The van der Waals surface area contributed by atoms with E-state index < -0.39 is 0 Å². The molecule has 0 unspecified atom stereocenters. The number of H-pyrrole nitrogens is 1. The van der Waals surface area contributed by atoms with Crippen LogP contribution in [0, 0.1) is 6.92 Å². The summed E-state index contributed by atoms with van der Waals surface area (Å²) in [4.78, 5) is 4.08. The second-order valence-electron chi connectivity index (χ2n) is 2.36. The highest BCUT2D eigenvalue weighted by Gasteiger charge is 2.02. The first-order valence-corrected chi connectivity index (χ1v) is 3.61. The summed E-state index contributed by atoms with van der Waals surface area (Å²) in [6.45, 7) is 1.94. The number of nitrogens with zero attached hydrogens (tertiary/aromatic N) is 2. The molecule has 0 saturated heterocycles. The minimum Gasteiger partial charge on any atom is -0.276 e. The summed E-state index contributed by atoms with van der Waals surface area (Å²) in [6, 6.07) is 0. The van der Waals surface area contributed by atoms with E-state index in [0.717, 1.165) is 16.6 Å². The molecule has 0 atom stereocenters. The average Bonchev–Trinajstić information content (AvgIpc) is 2.45. The third-order valence-corrected chi connectivity index (χ3v) is 2.05. The molecule has 0 bridgehead atoms. The van der Waals surface area contributed by atoms with Gasteiger partial charge < -0.3 is 0 Å². The predicted octanol–water partition coefficient (Wildman–Crippen LogP) is 1.92. The van der Waals surface area contributed by atoms with Gasteiger partial charge in [0.25, 0.3) is 0 Å². The number of hydrogen-bond donors (Lipinski definition) is 1. The number of aromatic amines is 1. The molecule has 0 aliphatic rings. The van der Waals surface area contributed by atoms with E-state index in [1.807, 2.05) is 6.92 Å². The van der Waals surface area contributed by atoms with Crippen LogP contribution >= 0.6 is 11.6 Å². The second kappa shape index (κ2) is 2.20. The summed E-state index contributed by atoms with van der Waals surface area (Å²) in [5.41, 5.74) is 2.76.